The van der Waals surface area contributed by atoms with Crippen molar-refractivity contribution in [3.8, 4) is 0 Å². The Bertz CT molecular complexity index is 99.6. The third kappa shape index (κ3) is 15.1. The highest BCUT2D eigenvalue weighted by molar-refractivity contribution is 7.18. The molecule has 0 saturated carbocycles. The van der Waals surface area contributed by atoms with Gasteiger partial charge in [-0.05, 0) is 6.92 Å². The Kier molecular flexibility index (Phi) is 12.6. The second-order valence-corrected chi connectivity index (χ2v) is 4.35. The SMILES string of the molecule is CC(P)(CCO)OCCN.CCC. The summed E-state index contributed by atoms with van der Waals surface area (Å²) in [5.74, 6) is 0. The Morgan fingerprint density at radius 3 is 2.23 bits per heavy atom. The van der Waals surface area contributed by atoms with Crippen LogP contribution in [0.5, 0.6) is 0 Å². The molecule has 0 aromatic rings. The molecule has 0 rings (SSSR count). The molecule has 2 unspecified atom stereocenters. The van der Waals surface area contributed by atoms with Crippen LogP contribution < -0.4 is 5.73 Å². The second kappa shape index (κ2) is 10.4. The highest BCUT2D eigenvalue weighted by atomic mass is 31.0. The Morgan fingerprint density at radius 1 is 1.46 bits per heavy atom. The van der Waals surface area contributed by atoms with E-state index >= 15 is 0 Å². The number of rotatable bonds is 5. The van der Waals surface area contributed by atoms with Crippen LogP contribution in [-0.4, -0.2) is 30.2 Å². The molecule has 13 heavy (non-hydrogen) atoms. The third-order valence-electron chi connectivity index (χ3n) is 1.16. The van der Waals surface area contributed by atoms with Crippen LogP contribution in [0.3, 0.4) is 0 Å². The summed E-state index contributed by atoms with van der Waals surface area (Å²) in [6, 6.07) is 0. The van der Waals surface area contributed by atoms with E-state index in [1.165, 1.54) is 6.42 Å². The third-order valence-corrected chi connectivity index (χ3v) is 1.61. The molecule has 82 valence electrons. The Balaban J connectivity index is 0. The molecule has 0 aliphatic rings. The summed E-state index contributed by atoms with van der Waals surface area (Å²) in [6.07, 6.45) is 1.87. The highest BCUT2D eigenvalue weighted by Crippen LogP contribution is 2.22. The van der Waals surface area contributed by atoms with Crippen LogP contribution >= 0.6 is 9.24 Å². The number of hydrogen-bond acceptors (Lipinski definition) is 3. The molecule has 0 spiro atoms. The van der Waals surface area contributed by atoms with E-state index < -0.39 is 0 Å². The normalized spacial score (nSPS) is 14.3. The highest BCUT2D eigenvalue weighted by Gasteiger charge is 2.16. The lowest BCUT2D eigenvalue weighted by Crippen LogP contribution is -2.25. The van der Waals surface area contributed by atoms with E-state index in [0.717, 1.165) is 0 Å². The summed E-state index contributed by atoms with van der Waals surface area (Å²) < 4.78 is 5.30. The van der Waals surface area contributed by atoms with Crippen LogP contribution in [0.2, 0.25) is 0 Å². The van der Waals surface area contributed by atoms with Gasteiger partial charge in [-0.25, -0.2) is 0 Å². The topological polar surface area (TPSA) is 55.5 Å². The molecule has 0 amide bonds. The molecule has 0 bridgehead atoms. The summed E-state index contributed by atoms with van der Waals surface area (Å²) in [6.45, 7) is 7.36. The van der Waals surface area contributed by atoms with Gasteiger partial charge in [0, 0.05) is 19.6 Å². The van der Waals surface area contributed by atoms with Crippen LogP contribution in [0.25, 0.3) is 0 Å². The van der Waals surface area contributed by atoms with Gasteiger partial charge >= 0.3 is 0 Å². The molecule has 3 N–H and O–H groups in total. The lowest BCUT2D eigenvalue weighted by atomic mass is 10.3. The van der Waals surface area contributed by atoms with Gasteiger partial charge < -0.3 is 15.6 Å². The largest absolute Gasteiger partial charge is 0.396 e. The number of aliphatic hydroxyl groups is 1. The van der Waals surface area contributed by atoms with E-state index in [4.69, 9.17) is 15.6 Å². The van der Waals surface area contributed by atoms with Crippen molar-refractivity contribution in [3.63, 3.8) is 0 Å². The molecular formula is C9H24NO2P. The second-order valence-electron chi connectivity index (χ2n) is 3.13. The number of ether oxygens (including phenoxy) is 1. The van der Waals surface area contributed by atoms with Gasteiger partial charge in [0.2, 0.25) is 0 Å². The van der Waals surface area contributed by atoms with Gasteiger partial charge in [0.25, 0.3) is 0 Å². The average molecular weight is 209 g/mol. The Morgan fingerprint density at radius 2 is 1.92 bits per heavy atom. The number of hydrogen-bond donors (Lipinski definition) is 2. The minimum Gasteiger partial charge on any atom is -0.396 e. The Hall–Kier alpha value is 0.310. The first kappa shape index (κ1) is 15.8. The van der Waals surface area contributed by atoms with Gasteiger partial charge in [0.05, 0.1) is 11.9 Å². The molecule has 0 aliphatic heterocycles. The number of aliphatic hydroxyl groups excluding tert-OH is 1. The molecule has 4 heteroatoms. The molecule has 2 atom stereocenters. The van der Waals surface area contributed by atoms with Crippen molar-refractivity contribution in [1.82, 2.24) is 0 Å². The van der Waals surface area contributed by atoms with Crippen LogP contribution in [0.4, 0.5) is 0 Å². The smallest absolute Gasteiger partial charge is 0.0807 e. The van der Waals surface area contributed by atoms with Gasteiger partial charge in [0.15, 0.2) is 0 Å². The first-order chi connectivity index (χ1) is 6.04. The van der Waals surface area contributed by atoms with Crippen LogP contribution in [0.1, 0.15) is 33.6 Å². The maximum atomic E-state index is 8.58. The molecule has 0 radical (unpaired) electrons. The van der Waals surface area contributed by atoms with Gasteiger partial charge in [0.1, 0.15) is 0 Å². The molecule has 3 nitrogen and oxygen atoms in total. The van der Waals surface area contributed by atoms with Gasteiger partial charge in [-0.15, -0.1) is 9.24 Å². The summed E-state index contributed by atoms with van der Waals surface area (Å²) in [5, 5.41) is 8.27. The summed E-state index contributed by atoms with van der Waals surface area (Å²) in [4.78, 5) is 0. The van der Waals surface area contributed by atoms with Gasteiger partial charge in [-0.3, -0.25) is 0 Å². The average Bonchev–Trinajstić information content (AvgIpc) is 2.02. The van der Waals surface area contributed by atoms with Gasteiger partial charge in [-0.1, -0.05) is 20.3 Å². The molecule has 0 saturated heterocycles. The first-order valence-electron chi connectivity index (χ1n) is 4.77. The van der Waals surface area contributed by atoms with Crippen molar-refractivity contribution in [2.24, 2.45) is 5.73 Å². The monoisotopic (exact) mass is 209 g/mol. The lowest BCUT2D eigenvalue weighted by molar-refractivity contribution is 0.0256. The van der Waals surface area contributed by atoms with Crippen molar-refractivity contribution >= 4 is 9.24 Å². The fourth-order valence-electron chi connectivity index (χ4n) is 0.586. The minimum absolute atomic E-state index is 0.143. The first-order valence-corrected chi connectivity index (χ1v) is 5.35. The quantitative estimate of drug-likeness (QED) is 0.672. The van der Waals surface area contributed by atoms with Crippen LogP contribution in [-0.2, 0) is 4.74 Å². The summed E-state index contributed by atoms with van der Waals surface area (Å²) >= 11 is 0. The van der Waals surface area contributed by atoms with E-state index in [1.807, 2.05) is 6.92 Å². The zero-order valence-electron chi connectivity index (χ0n) is 9.05. The van der Waals surface area contributed by atoms with Gasteiger partial charge in [-0.2, -0.15) is 0 Å². The van der Waals surface area contributed by atoms with Crippen LogP contribution in [0.15, 0.2) is 0 Å². The molecular weight excluding hydrogens is 185 g/mol. The zero-order valence-corrected chi connectivity index (χ0v) is 10.2. The van der Waals surface area contributed by atoms with Crippen molar-refractivity contribution in [1.29, 1.82) is 0 Å². The Labute approximate surface area is 84.2 Å². The van der Waals surface area contributed by atoms with Crippen molar-refractivity contribution in [3.05, 3.63) is 0 Å². The number of nitrogens with two attached hydrogens (primary N) is 1. The standard InChI is InChI=1S/C6H16NO2P.C3H8/c1-6(10,2-4-8)9-5-3-7;1-3-2/h8H,2-5,7,10H2,1H3;3H2,1-2H3. The fraction of sp³-hybridized carbons (Fsp3) is 1.00. The van der Waals surface area contributed by atoms with E-state index in [-0.39, 0.29) is 11.9 Å². The maximum Gasteiger partial charge on any atom is 0.0807 e. The fourth-order valence-corrected chi connectivity index (χ4v) is 0.833. The summed E-state index contributed by atoms with van der Waals surface area (Å²) in [5.41, 5.74) is 5.24. The molecule has 0 heterocycles. The zero-order chi connectivity index (χ0) is 10.7. The minimum atomic E-state index is -0.311. The van der Waals surface area contributed by atoms with E-state index in [1.54, 1.807) is 0 Å². The lowest BCUT2D eigenvalue weighted by Gasteiger charge is -2.23. The predicted octanol–water partition coefficient (Wildman–Crippen LogP) is 1.35. The molecule has 0 aliphatic carbocycles. The van der Waals surface area contributed by atoms with Crippen molar-refractivity contribution in [2.75, 3.05) is 19.8 Å². The molecule has 0 aromatic carbocycles. The van der Waals surface area contributed by atoms with E-state index in [0.29, 0.717) is 19.6 Å². The van der Waals surface area contributed by atoms with E-state index in [9.17, 15) is 0 Å². The molecule has 0 aromatic heterocycles. The van der Waals surface area contributed by atoms with Crippen molar-refractivity contribution in [2.45, 2.75) is 39.0 Å². The van der Waals surface area contributed by atoms with Crippen LogP contribution in [0, 0.1) is 0 Å². The maximum absolute atomic E-state index is 8.58. The molecule has 0 fully saturated rings. The predicted molar refractivity (Wildman–Crippen MR) is 60.8 cm³/mol. The summed E-state index contributed by atoms with van der Waals surface area (Å²) in [7, 11) is 2.55. The van der Waals surface area contributed by atoms with Crippen molar-refractivity contribution < 1.29 is 9.84 Å². The van der Waals surface area contributed by atoms with E-state index in [2.05, 4.69) is 23.1 Å².